The Morgan fingerprint density at radius 3 is 2.50 bits per heavy atom. The number of benzene rings is 1. The van der Waals surface area contributed by atoms with Gasteiger partial charge in [0.25, 0.3) is 0 Å². The molecule has 2 amide bonds. The maximum atomic E-state index is 11.9. The quantitative estimate of drug-likeness (QED) is 0.818. The average Bonchev–Trinajstić information content (AvgIpc) is 2.20. The van der Waals surface area contributed by atoms with E-state index in [0.29, 0.717) is 10.6 Å². The molecule has 1 aromatic carbocycles. The van der Waals surface area contributed by atoms with E-state index in [2.05, 4.69) is 0 Å². The number of methoxy groups -OCH3 is 1. The highest BCUT2D eigenvalue weighted by Gasteiger charge is 2.30. The molecule has 0 radical (unpaired) electrons. The lowest BCUT2D eigenvalue weighted by Gasteiger charge is -2.13. The number of halogens is 4. The van der Waals surface area contributed by atoms with E-state index in [0.717, 1.165) is 5.32 Å². The van der Waals surface area contributed by atoms with Crippen LogP contribution in [0.3, 0.4) is 0 Å². The van der Waals surface area contributed by atoms with Crippen LogP contribution in [-0.2, 0) is 0 Å². The molecule has 8 heteroatoms. The van der Waals surface area contributed by atoms with Crippen LogP contribution in [0.2, 0.25) is 5.02 Å². The zero-order chi connectivity index (χ0) is 13.9. The first kappa shape index (κ1) is 14.4. The van der Waals surface area contributed by atoms with Gasteiger partial charge in [-0.25, -0.2) is 10.1 Å². The summed E-state index contributed by atoms with van der Waals surface area (Å²) < 4.78 is 40.6. The number of anilines is 1. The van der Waals surface area contributed by atoms with Crippen LogP contribution in [0, 0.1) is 6.92 Å². The van der Waals surface area contributed by atoms with E-state index >= 15 is 0 Å². The van der Waals surface area contributed by atoms with Crippen molar-refractivity contribution in [1.82, 2.24) is 5.32 Å². The molecule has 0 heterocycles. The Kier molecular flexibility index (Phi) is 4.28. The van der Waals surface area contributed by atoms with Gasteiger partial charge in [-0.05, 0) is 18.6 Å². The molecule has 0 fully saturated rings. The number of carbonyl (C=O) groups excluding carboxylic acids is 1. The molecule has 0 bridgehead atoms. The Morgan fingerprint density at radius 2 is 2.00 bits per heavy atom. The molecule has 0 saturated carbocycles. The fraction of sp³-hybridized carbons (Fsp3) is 0.300. The predicted molar refractivity (Wildman–Crippen MR) is 61.0 cm³/mol. The average molecular weight is 283 g/mol. The SMILES string of the molecule is COc1cc(Cl)c(C)cc1NC(=O)NC(F)(F)F. The Balaban J connectivity index is 2.90. The van der Waals surface area contributed by atoms with Gasteiger partial charge in [0.15, 0.2) is 0 Å². The van der Waals surface area contributed by atoms with Crippen molar-refractivity contribution in [2.45, 2.75) is 13.2 Å². The number of aryl methyl sites for hydroxylation is 1. The monoisotopic (exact) mass is 282 g/mol. The summed E-state index contributed by atoms with van der Waals surface area (Å²) in [6.07, 6.45) is -4.79. The van der Waals surface area contributed by atoms with Crippen molar-refractivity contribution >= 4 is 23.3 Å². The predicted octanol–water partition coefficient (Wildman–Crippen LogP) is 3.30. The van der Waals surface area contributed by atoms with E-state index in [-0.39, 0.29) is 11.4 Å². The minimum atomic E-state index is -4.79. The lowest BCUT2D eigenvalue weighted by Crippen LogP contribution is -2.40. The molecule has 0 aliphatic rings. The van der Waals surface area contributed by atoms with E-state index < -0.39 is 12.3 Å². The smallest absolute Gasteiger partial charge is 0.485 e. The highest BCUT2D eigenvalue weighted by molar-refractivity contribution is 6.31. The van der Waals surface area contributed by atoms with Crippen molar-refractivity contribution in [3.63, 3.8) is 0 Å². The molecule has 100 valence electrons. The van der Waals surface area contributed by atoms with Crippen LogP contribution in [0.25, 0.3) is 0 Å². The molecule has 1 rings (SSSR count). The summed E-state index contributed by atoms with van der Waals surface area (Å²) >= 11 is 5.82. The van der Waals surface area contributed by atoms with Gasteiger partial charge in [0.05, 0.1) is 12.8 Å². The molecule has 1 aromatic rings. The Labute approximate surface area is 106 Å². The van der Waals surface area contributed by atoms with E-state index in [1.165, 1.54) is 19.2 Å². The van der Waals surface area contributed by atoms with Crippen LogP contribution in [0.1, 0.15) is 5.56 Å². The number of ether oxygens (including phenoxy) is 1. The van der Waals surface area contributed by atoms with Crippen molar-refractivity contribution in [1.29, 1.82) is 0 Å². The number of nitrogens with one attached hydrogen (secondary N) is 2. The van der Waals surface area contributed by atoms with Crippen LogP contribution >= 0.6 is 11.6 Å². The Hall–Kier alpha value is -1.63. The van der Waals surface area contributed by atoms with E-state index in [4.69, 9.17) is 16.3 Å². The Morgan fingerprint density at radius 1 is 1.39 bits per heavy atom. The van der Waals surface area contributed by atoms with Gasteiger partial charge in [-0.1, -0.05) is 11.6 Å². The van der Waals surface area contributed by atoms with Crippen molar-refractivity contribution in [2.24, 2.45) is 0 Å². The Bertz CT molecular complexity index is 463. The summed E-state index contributed by atoms with van der Waals surface area (Å²) in [4.78, 5) is 11.1. The molecule has 4 nitrogen and oxygen atoms in total. The first-order chi connectivity index (χ1) is 8.23. The number of hydrogen-bond donors (Lipinski definition) is 2. The maximum Gasteiger partial charge on any atom is 0.485 e. The van der Waals surface area contributed by atoms with Gasteiger partial charge in [0.1, 0.15) is 5.75 Å². The van der Waals surface area contributed by atoms with E-state index in [9.17, 15) is 18.0 Å². The fourth-order valence-corrected chi connectivity index (χ4v) is 1.37. The summed E-state index contributed by atoms with van der Waals surface area (Å²) in [6, 6.07) is 1.42. The number of carbonyl (C=O) groups is 1. The molecular weight excluding hydrogens is 273 g/mol. The van der Waals surface area contributed by atoms with Crippen molar-refractivity contribution < 1.29 is 22.7 Å². The third-order valence-electron chi connectivity index (χ3n) is 1.98. The molecule has 2 N–H and O–H groups in total. The lowest BCUT2D eigenvalue weighted by atomic mass is 10.2. The summed E-state index contributed by atoms with van der Waals surface area (Å²) in [7, 11) is 1.31. The van der Waals surface area contributed by atoms with E-state index in [1.54, 1.807) is 6.92 Å². The molecule has 0 aliphatic heterocycles. The largest absolute Gasteiger partial charge is 0.495 e. The van der Waals surface area contributed by atoms with Gasteiger partial charge in [0.2, 0.25) is 0 Å². The highest BCUT2D eigenvalue weighted by Crippen LogP contribution is 2.30. The number of alkyl halides is 3. The zero-order valence-electron chi connectivity index (χ0n) is 9.48. The third kappa shape index (κ3) is 3.99. The number of urea groups is 1. The van der Waals surface area contributed by atoms with Crippen LogP contribution < -0.4 is 15.4 Å². The number of amides is 2. The van der Waals surface area contributed by atoms with Crippen LogP contribution in [0.4, 0.5) is 23.7 Å². The van der Waals surface area contributed by atoms with Crippen molar-refractivity contribution in [3.05, 3.63) is 22.7 Å². The molecule has 0 atom stereocenters. The van der Waals surface area contributed by atoms with Crippen LogP contribution in [0.5, 0.6) is 5.75 Å². The highest BCUT2D eigenvalue weighted by atomic mass is 35.5. The van der Waals surface area contributed by atoms with Gasteiger partial charge in [0, 0.05) is 11.1 Å². The fourth-order valence-electron chi connectivity index (χ4n) is 1.21. The molecule has 0 aliphatic carbocycles. The second kappa shape index (κ2) is 5.34. The van der Waals surface area contributed by atoms with E-state index in [1.807, 2.05) is 5.32 Å². The molecule has 18 heavy (non-hydrogen) atoms. The van der Waals surface area contributed by atoms with Crippen LogP contribution in [0.15, 0.2) is 12.1 Å². The molecule has 0 saturated heterocycles. The first-order valence-electron chi connectivity index (χ1n) is 4.73. The molecule has 0 spiro atoms. The minimum absolute atomic E-state index is 0.0983. The maximum absolute atomic E-state index is 11.9. The van der Waals surface area contributed by atoms with Gasteiger partial charge in [-0.15, -0.1) is 0 Å². The van der Waals surface area contributed by atoms with Gasteiger partial charge in [-0.2, -0.15) is 13.2 Å². The second-order valence-corrected chi connectivity index (χ2v) is 3.79. The standard InChI is InChI=1S/C10H10ClF3N2O2/c1-5-3-7(8(18-2)4-6(5)11)15-9(17)16-10(12,13)14/h3-4H,1-2H3,(H2,15,16,17). The zero-order valence-corrected chi connectivity index (χ0v) is 10.2. The summed E-state index contributed by atoms with van der Waals surface area (Å²) in [5.41, 5.74) is 0.695. The second-order valence-electron chi connectivity index (χ2n) is 3.38. The molecule has 0 unspecified atom stereocenters. The summed E-state index contributed by atoms with van der Waals surface area (Å²) in [5, 5.41) is 3.23. The van der Waals surface area contributed by atoms with Crippen LogP contribution in [-0.4, -0.2) is 19.4 Å². The van der Waals surface area contributed by atoms with Gasteiger partial charge in [-0.3, -0.25) is 0 Å². The minimum Gasteiger partial charge on any atom is -0.495 e. The number of rotatable bonds is 2. The normalized spacial score (nSPS) is 11.0. The molecular formula is C10H10ClF3N2O2. The summed E-state index contributed by atoms with van der Waals surface area (Å²) in [5.74, 6) is 0.169. The third-order valence-corrected chi connectivity index (χ3v) is 2.39. The number of hydrogen-bond acceptors (Lipinski definition) is 2. The van der Waals surface area contributed by atoms with Crippen molar-refractivity contribution in [3.8, 4) is 5.75 Å². The van der Waals surface area contributed by atoms with Gasteiger partial charge >= 0.3 is 12.3 Å². The lowest BCUT2D eigenvalue weighted by molar-refractivity contribution is -0.144. The molecule has 0 aromatic heterocycles. The summed E-state index contributed by atoms with van der Waals surface area (Å²) in [6.45, 7) is 1.65. The van der Waals surface area contributed by atoms with Crippen molar-refractivity contribution in [2.75, 3.05) is 12.4 Å². The first-order valence-corrected chi connectivity index (χ1v) is 5.11. The topological polar surface area (TPSA) is 50.4 Å². The van der Waals surface area contributed by atoms with Gasteiger partial charge < -0.3 is 10.1 Å².